The minimum atomic E-state index is 0.00103. The van der Waals surface area contributed by atoms with Crippen molar-refractivity contribution in [3.8, 4) is 0 Å². The first-order chi connectivity index (χ1) is 16.7. The average Bonchev–Trinajstić information content (AvgIpc) is 2.87. The largest absolute Gasteiger partial charge is 0.354 e. The molecule has 0 unspecified atom stereocenters. The van der Waals surface area contributed by atoms with E-state index in [2.05, 4.69) is 49.6 Å². The van der Waals surface area contributed by atoms with Gasteiger partial charge in [0.2, 0.25) is 0 Å². The van der Waals surface area contributed by atoms with Crippen molar-refractivity contribution in [2.24, 2.45) is 0 Å². The van der Waals surface area contributed by atoms with Gasteiger partial charge in [-0.25, -0.2) is 4.98 Å². The van der Waals surface area contributed by atoms with Crippen LogP contribution in [0.25, 0.3) is 0 Å². The smallest absolute Gasteiger partial charge is 0.252 e. The lowest BCUT2D eigenvalue weighted by atomic mass is 10.0. The number of hydrogen-bond acceptors (Lipinski definition) is 4. The normalized spacial score (nSPS) is 14.5. The van der Waals surface area contributed by atoms with E-state index < -0.39 is 0 Å². The van der Waals surface area contributed by atoms with Crippen molar-refractivity contribution in [3.63, 3.8) is 0 Å². The molecule has 2 rings (SSSR count). The molecule has 194 valence electrons. The SMILES string of the molecule is CCCN1CCN(c2ccc(C(=O)NCCCCCCCCCCCCCCCI)cn2)CC1. The molecule has 0 bridgehead atoms. The molecule has 1 aromatic heterocycles. The summed E-state index contributed by atoms with van der Waals surface area (Å²) in [6.07, 6.45) is 20.5. The van der Waals surface area contributed by atoms with Gasteiger partial charge in [0.15, 0.2) is 0 Å². The molecule has 1 saturated heterocycles. The summed E-state index contributed by atoms with van der Waals surface area (Å²) >= 11 is 2.48. The van der Waals surface area contributed by atoms with Gasteiger partial charge >= 0.3 is 0 Å². The summed E-state index contributed by atoms with van der Waals surface area (Å²) < 4.78 is 1.31. The first-order valence-corrected chi connectivity index (χ1v) is 15.5. The molecular formula is C28H49IN4O. The summed E-state index contributed by atoms with van der Waals surface area (Å²) in [5.41, 5.74) is 0.665. The Kier molecular flexibility index (Phi) is 16.7. The first kappa shape index (κ1) is 29.3. The molecular weight excluding hydrogens is 535 g/mol. The molecule has 6 heteroatoms. The topological polar surface area (TPSA) is 48.5 Å². The number of anilines is 1. The third-order valence-electron chi connectivity index (χ3n) is 6.84. The highest BCUT2D eigenvalue weighted by Crippen LogP contribution is 2.15. The van der Waals surface area contributed by atoms with Gasteiger partial charge in [0.1, 0.15) is 5.82 Å². The van der Waals surface area contributed by atoms with Gasteiger partial charge in [-0.2, -0.15) is 0 Å². The zero-order valence-electron chi connectivity index (χ0n) is 21.7. The quantitative estimate of drug-likeness (QED) is 0.110. The first-order valence-electron chi connectivity index (χ1n) is 14.0. The standard InChI is InChI=1S/C28H49IN4O/c1-2-20-32-21-23-33(24-22-32)27-17-16-26(25-31-27)28(34)30-19-15-13-11-9-7-5-3-4-6-8-10-12-14-18-29/h16-17,25H,2-15,18-24H2,1H3,(H,30,34). The fourth-order valence-electron chi connectivity index (χ4n) is 4.69. The van der Waals surface area contributed by atoms with Crippen LogP contribution in [-0.4, -0.2) is 59.5 Å². The van der Waals surface area contributed by atoms with E-state index in [0.29, 0.717) is 5.56 Å². The number of carbonyl (C=O) groups excluding carboxylic acids is 1. The molecule has 0 saturated carbocycles. The number of piperazine rings is 1. The number of nitrogens with zero attached hydrogens (tertiary/aromatic N) is 3. The molecule has 34 heavy (non-hydrogen) atoms. The van der Waals surface area contributed by atoms with Crippen molar-refractivity contribution in [1.82, 2.24) is 15.2 Å². The Morgan fingerprint density at radius 1 is 0.853 bits per heavy atom. The van der Waals surface area contributed by atoms with Gasteiger partial charge in [-0.1, -0.05) is 100 Å². The summed E-state index contributed by atoms with van der Waals surface area (Å²) in [6, 6.07) is 3.91. The van der Waals surface area contributed by atoms with Crippen molar-refractivity contribution in [1.29, 1.82) is 0 Å². The van der Waals surface area contributed by atoms with Crippen LogP contribution in [0.2, 0.25) is 0 Å². The Morgan fingerprint density at radius 2 is 1.41 bits per heavy atom. The number of alkyl halides is 1. The predicted molar refractivity (Wildman–Crippen MR) is 154 cm³/mol. The van der Waals surface area contributed by atoms with Gasteiger partial charge < -0.3 is 10.2 Å². The molecule has 1 aromatic rings. The maximum atomic E-state index is 12.4. The molecule has 0 radical (unpaired) electrons. The van der Waals surface area contributed by atoms with Gasteiger partial charge in [-0.15, -0.1) is 0 Å². The summed E-state index contributed by atoms with van der Waals surface area (Å²) in [5.74, 6) is 0.987. The third-order valence-corrected chi connectivity index (χ3v) is 7.60. The molecule has 2 heterocycles. The third kappa shape index (κ3) is 12.7. The summed E-state index contributed by atoms with van der Waals surface area (Å²) in [5, 5.41) is 3.06. The second-order valence-corrected chi connectivity index (χ2v) is 10.9. The molecule has 1 fully saturated rings. The summed E-state index contributed by atoms with van der Waals surface area (Å²) in [7, 11) is 0. The van der Waals surface area contributed by atoms with Crippen molar-refractivity contribution in [2.75, 3.05) is 48.6 Å². The van der Waals surface area contributed by atoms with E-state index in [1.54, 1.807) is 6.20 Å². The second-order valence-electron chi connectivity index (χ2n) is 9.77. The fraction of sp³-hybridized carbons (Fsp3) is 0.786. The Hall–Kier alpha value is -0.890. The van der Waals surface area contributed by atoms with Gasteiger partial charge in [0, 0.05) is 38.9 Å². The Labute approximate surface area is 223 Å². The monoisotopic (exact) mass is 584 g/mol. The number of hydrogen-bond donors (Lipinski definition) is 1. The minimum Gasteiger partial charge on any atom is -0.354 e. The van der Waals surface area contributed by atoms with Crippen LogP contribution >= 0.6 is 22.6 Å². The predicted octanol–water partition coefficient (Wildman–Crippen LogP) is 6.85. The fourth-order valence-corrected chi connectivity index (χ4v) is 5.23. The number of aromatic nitrogens is 1. The lowest BCUT2D eigenvalue weighted by Crippen LogP contribution is -2.46. The van der Waals surface area contributed by atoms with Crippen LogP contribution < -0.4 is 10.2 Å². The maximum absolute atomic E-state index is 12.4. The number of rotatable bonds is 19. The van der Waals surface area contributed by atoms with Gasteiger partial charge in [-0.05, 0) is 42.4 Å². The van der Waals surface area contributed by atoms with Crippen LogP contribution in [-0.2, 0) is 0 Å². The second kappa shape index (κ2) is 19.3. The van der Waals surface area contributed by atoms with Crippen molar-refractivity contribution < 1.29 is 4.79 Å². The maximum Gasteiger partial charge on any atom is 0.252 e. The van der Waals surface area contributed by atoms with E-state index in [0.717, 1.165) is 45.0 Å². The van der Waals surface area contributed by atoms with E-state index in [9.17, 15) is 4.79 Å². The van der Waals surface area contributed by atoms with Crippen molar-refractivity contribution in [2.45, 2.75) is 96.8 Å². The highest BCUT2D eigenvalue weighted by atomic mass is 127. The lowest BCUT2D eigenvalue weighted by Gasteiger charge is -2.35. The number of nitrogens with one attached hydrogen (secondary N) is 1. The molecule has 1 N–H and O–H groups in total. The van der Waals surface area contributed by atoms with Crippen LogP contribution in [0.3, 0.4) is 0 Å². The molecule has 0 spiro atoms. The number of unbranched alkanes of at least 4 members (excludes halogenated alkanes) is 12. The Morgan fingerprint density at radius 3 is 1.91 bits per heavy atom. The Balaban J connectivity index is 1.44. The van der Waals surface area contributed by atoms with E-state index in [1.165, 1.54) is 94.4 Å². The zero-order valence-corrected chi connectivity index (χ0v) is 23.9. The van der Waals surface area contributed by atoms with Crippen LogP contribution in [0.1, 0.15) is 107 Å². The molecule has 5 nitrogen and oxygen atoms in total. The van der Waals surface area contributed by atoms with Gasteiger partial charge in [0.25, 0.3) is 5.91 Å². The molecule has 0 aromatic carbocycles. The van der Waals surface area contributed by atoms with Crippen LogP contribution in [0.15, 0.2) is 18.3 Å². The molecule has 1 aliphatic rings. The van der Waals surface area contributed by atoms with Gasteiger partial charge in [-0.3, -0.25) is 9.69 Å². The summed E-state index contributed by atoms with van der Waals surface area (Å²) in [6.45, 7) is 8.39. The molecule has 0 atom stereocenters. The van der Waals surface area contributed by atoms with Crippen LogP contribution in [0.5, 0.6) is 0 Å². The molecule has 1 aliphatic heterocycles. The highest BCUT2D eigenvalue weighted by Gasteiger charge is 2.17. The van der Waals surface area contributed by atoms with Crippen molar-refractivity contribution >= 4 is 34.3 Å². The molecule has 1 amide bonds. The number of carbonyl (C=O) groups is 1. The average molecular weight is 585 g/mol. The van der Waals surface area contributed by atoms with Crippen molar-refractivity contribution in [3.05, 3.63) is 23.9 Å². The van der Waals surface area contributed by atoms with E-state index in [4.69, 9.17) is 0 Å². The van der Waals surface area contributed by atoms with E-state index in [-0.39, 0.29) is 5.91 Å². The lowest BCUT2D eigenvalue weighted by molar-refractivity contribution is 0.0952. The van der Waals surface area contributed by atoms with E-state index >= 15 is 0 Å². The van der Waals surface area contributed by atoms with Crippen LogP contribution in [0.4, 0.5) is 5.82 Å². The minimum absolute atomic E-state index is 0.00103. The number of halogens is 1. The van der Waals surface area contributed by atoms with Gasteiger partial charge in [0.05, 0.1) is 5.56 Å². The van der Waals surface area contributed by atoms with E-state index in [1.807, 2.05) is 12.1 Å². The molecule has 0 aliphatic carbocycles. The Bertz CT molecular complexity index is 632. The zero-order chi connectivity index (χ0) is 24.3. The number of amides is 1. The van der Waals surface area contributed by atoms with Crippen LogP contribution in [0, 0.1) is 0 Å². The number of pyridine rings is 1. The highest BCUT2D eigenvalue weighted by molar-refractivity contribution is 14.1. The summed E-state index contributed by atoms with van der Waals surface area (Å²) in [4.78, 5) is 21.8.